The van der Waals surface area contributed by atoms with E-state index in [1.165, 1.54) is 29.7 Å². The van der Waals surface area contributed by atoms with Crippen LogP contribution in [0.15, 0.2) is 47.6 Å². The number of nitrogens with two attached hydrogens (primary N) is 2. The first kappa shape index (κ1) is 19.5. The Morgan fingerprint density at radius 3 is 2.42 bits per heavy atom. The number of hydrogen-bond donors (Lipinski definition) is 4. The maximum atomic E-state index is 12.5. The van der Waals surface area contributed by atoms with Gasteiger partial charge in [-0.15, -0.1) is 11.3 Å². The molecule has 0 saturated carbocycles. The lowest BCUT2D eigenvalue weighted by Gasteiger charge is -2.07. The molecule has 0 aliphatic rings. The fraction of sp³-hybridized carbons (Fsp3) is 0.125. The normalized spacial score (nSPS) is 12.9. The summed E-state index contributed by atoms with van der Waals surface area (Å²) in [7, 11) is 0. The number of carbonyl (C=O) groups excluding carboxylic acids is 1. The van der Waals surface area contributed by atoms with Crippen LogP contribution in [0.25, 0.3) is 5.70 Å². The van der Waals surface area contributed by atoms with Crippen LogP contribution in [0.3, 0.4) is 0 Å². The summed E-state index contributed by atoms with van der Waals surface area (Å²) in [6, 6.07) is 4.32. The Labute approximate surface area is 150 Å². The Hall–Kier alpha value is -2.85. The molecule has 1 heterocycles. The second kappa shape index (κ2) is 8.02. The Kier molecular flexibility index (Phi) is 6.01. The van der Waals surface area contributed by atoms with Crippen molar-refractivity contribution >= 4 is 22.9 Å². The molecule has 0 aliphatic heterocycles. The lowest BCUT2D eigenvalue weighted by Crippen LogP contribution is -2.27. The highest BCUT2D eigenvalue weighted by Crippen LogP contribution is 2.29. The molecule has 138 valence electrons. The number of nitrogens with zero attached hydrogens (tertiary/aromatic N) is 1. The van der Waals surface area contributed by atoms with E-state index in [2.05, 4.69) is 10.3 Å². The number of halogens is 3. The van der Waals surface area contributed by atoms with Crippen LogP contribution in [0.2, 0.25) is 0 Å². The molecule has 1 amide bonds. The van der Waals surface area contributed by atoms with Crippen molar-refractivity contribution in [2.45, 2.75) is 12.8 Å². The predicted octanol–water partition coefficient (Wildman–Crippen LogP) is 2.18. The monoisotopic (exact) mass is 384 g/mol. The number of rotatable bonds is 5. The number of hydrogen-bond acceptors (Lipinski definition) is 6. The second-order valence-corrected chi connectivity index (χ2v) is 6.00. The number of aliphatic hydroxyl groups is 1. The highest BCUT2D eigenvalue weighted by Gasteiger charge is 2.29. The molecular formula is C16H15F3N4O2S. The molecule has 6 nitrogen and oxygen atoms in total. The minimum atomic E-state index is -4.42. The lowest BCUT2D eigenvalue weighted by atomic mass is 10.1. The molecule has 10 heteroatoms. The fourth-order valence-electron chi connectivity index (χ4n) is 1.85. The van der Waals surface area contributed by atoms with E-state index >= 15 is 0 Å². The molecule has 1 aromatic heterocycles. The van der Waals surface area contributed by atoms with Crippen LogP contribution in [0.4, 0.5) is 13.2 Å². The van der Waals surface area contributed by atoms with Crippen LogP contribution in [-0.4, -0.2) is 16.0 Å². The second-order valence-electron chi connectivity index (χ2n) is 5.06. The molecule has 0 unspecified atom stereocenters. The summed E-state index contributed by atoms with van der Waals surface area (Å²) < 4.78 is 37.6. The molecule has 0 radical (unpaired) electrons. The number of aromatic nitrogens is 1. The first-order chi connectivity index (χ1) is 12.2. The first-order valence-corrected chi connectivity index (χ1v) is 8.06. The van der Waals surface area contributed by atoms with E-state index in [9.17, 15) is 18.0 Å². The number of nitrogens with one attached hydrogen (secondary N) is 1. The summed E-state index contributed by atoms with van der Waals surface area (Å²) in [5, 5.41) is 13.2. The summed E-state index contributed by atoms with van der Waals surface area (Å²) in [5.41, 5.74) is 11.3. The van der Waals surface area contributed by atoms with Gasteiger partial charge in [-0.25, -0.2) is 4.98 Å². The zero-order valence-corrected chi connectivity index (χ0v) is 14.1. The van der Waals surface area contributed by atoms with E-state index in [1.54, 1.807) is 0 Å². The molecular weight excluding hydrogens is 369 g/mol. The van der Waals surface area contributed by atoms with Gasteiger partial charge in [-0.05, 0) is 29.8 Å². The van der Waals surface area contributed by atoms with Crippen molar-refractivity contribution in [2.24, 2.45) is 11.5 Å². The third-order valence-electron chi connectivity index (χ3n) is 3.17. The molecule has 6 N–H and O–H groups in total. The maximum absolute atomic E-state index is 12.5. The Balaban J connectivity index is 2.04. The van der Waals surface area contributed by atoms with Crippen molar-refractivity contribution in [3.8, 4) is 0 Å². The van der Waals surface area contributed by atoms with Gasteiger partial charge in [-0.3, -0.25) is 4.79 Å². The number of thiazole rings is 1. The van der Waals surface area contributed by atoms with E-state index in [0.717, 1.165) is 23.5 Å². The molecule has 1 aromatic carbocycles. The summed E-state index contributed by atoms with van der Waals surface area (Å²) in [5.74, 6) is -0.584. The van der Waals surface area contributed by atoms with Crippen molar-refractivity contribution in [2.75, 3.05) is 0 Å². The highest BCUT2D eigenvalue weighted by molar-refractivity contribution is 7.09. The van der Waals surface area contributed by atoms with Gasteiger partial charge in [0, 0.05) is 11.1 Å². The van der Waals surface area contributed by atoms with Gasteiger partial charge in [0.2, 0.25) is 0 Å². The summed E-state index contributed by atoms with van der Waals surface area (Å²) in [4.78, 5) is 15.8. The van der Waals surface area contributed by atoms with Crippen LogP contribution >= 0.6 is 11.3 Å². The van der Waals surface area contributed by atoms with Crippen LogP contribution in [0.5, 0.6) is 0 Å². The van der Waals surface area contributed by atoms with Crippen molar-refractivity contribution in [1.82, 2.24) is 10.3 Å². The molecule has 0 fully saturated rings. The maximum Gasteiger partial charge on any atom is 0.416 e. The minimum Gasteiger partial charge on any atom is -0.398 e. The lowest BCUT2D eigenvalue weighted by molar-refractivity contribution is -0.137. The van der Waals surface area contributed by atoms with Gasteiger partial charge in [0.25, 0.3) is 5.91 Å². The summed E-state index contributed by atoms with van der Waals surface area (Å²) >= 11 is 1.13. The molecule has 2 aromatic rings. The molecule has 0 atom stereocenters. The number of aliphatic hydroxyl groups excluding tert-OH is 1. The minimum absolute atomic E-state index is 0.0246. The zero-order chi connectivity index (χ0) is 19.3. The van der Waals surface area contributed by atoms with Gasteiger partial charge < -0.3 is 21.9 Å². The van der Waals surface area contributed by atoms with Gasteiger partial charge >= 0.3 is 6.18 Å². The molecule has 2 rings (SSSR count). The van der Waals surface area contributed by atoms with Crippen LogP contribution < -0.4 is 16.8 Å². The zero-order valence-electron chi connectivity index (χ0n) is 13.2. The van der Waals surface area contributed by atoms with E-state index in [1.807, 2.05) is 0 Å². The van der Waals surface area contributed by atoms with Crippen molar-refractivity contribution < 1.29 is 23.1 Å². The molecule has 0 spiro atoms. The summed E-state index contributed by atoms with van der Waals surface area (Å²) in [6.45, 7) is -0.268. The predicted molar refractivity (Wildman–Crippen MR) is 91.4 cm³/mol. The van der Waals surface area contributed by atoms with Gasteiger partial charge in [0.05, 0.1) is 12.2 Å². The molecule has 26 heavy (non-hydrogen) atoms. The fourth-order valence-corrected chi connectivity index (χ4v) is 2.49. The van der Waals surface area contributed by atoms with Crippen molar-refractivity contribution in [3.63, 3.8) is 0 Å². The van der Waals surface area contributed by atoms with Gasteiger partial charge in [0.15, 0.2) is 0 Å². The van der Waals surface area contributed by atoms with Gasteiger partial charge in [0.1, 0.15) is 16.5 Å². The average molecular weight is 384 g/mol. The van der Waals surface area contributed by atoms with E-state index < -0.39 is 17.6 Å². The highest BCUT2D eigenvalue weighted by atomic mass is 32.1. The smallest absolute Gasteiger partial charge is 0.398 e. The number of benzene rings is 1. The molecule has 0 bridgehead atoms. The quantitative estimate of drug-likeness (QED) is 0.590. The first-order valence-electron chi connectivity index (χ1n) is 7.18. The summed E-state index contributed by atoms with van der Waals surface area (Å²) in [6.07, 6.45) is -1.75. The number of allylic oxidation sites excluding steroid dienone is 2. The topological polar surface area (TPSA) is 114 Å². The number of alkyl halides is 3. The van der Waals surface area contributed by atoms with Crippen LogP contribution in [0, 0.1) is 0 Å². The molecule has 0 aliphatic carbocycles. The van der Waals surface area contributed by atoms with Crippen molar-refractivity contribution in [1.29, 1.82) is 0 Å². The van der Waals surface area contributed by atoms with Crippen LogP contribution in [0.1, 0.15) is 26.6 Å². The standard InChI is InChI=1S/C16H15F3N4O2S/c17-16(18,19)10-3-1-9(2-4-10)11(20)5-6-13(21)23-15(25)12-8-26-14(7-24)22-12/h1-6,8,24H,7,20-21H2,(H,23,25)/b11-5-,13-6+. The van der Waals surface area contributed by atoms with Crippen molar-refractivity contribution in [3.05, 3.63) is 69.4 Å². The third kappa shape index (κ3) is 5.07. The van der Waals surface area contributed by atoms with Gasteiger partial charge in [-0.1, -0.05) is 12.1 Å². The Bertz CT molecular complexity index is 842. The number of amides is 1. The number of carbonyl (C=O) groups is 1. The Morgan fingerprint density at radius 2 is 1.88 bits per heavy atom. The van der Waals surface area contributed by atoms with Crippen LogP contribution in [-0.2, 0) is 12.8 Å². The average Bonchev–Trinajstić information content (AvgIpc) is 3.08. The van der Waals surface area contributed by atoms with E-state index in [4.69, 9.17) is 16.6 Å². The largest absolute Gasteiger partial charge is 0.416 e. The van der Waals surface area contributed by atoms with Gasteiger partial charge in [-0.2, -0.15) is 13.2 Å². The molecule has 0 saturated heterocycles. The van der Waals surface area contributed by atoms with E-state index in [0.29, 0.717) is 10.6 Å². The SMILES string of the molecule is N/C(=C\C=C(/N)NC(=O)c1csc(CO)n1)c1ccc(C(F)(F)F)cc1. The van der Waals surface area contributed by atoms with E-state index in [-0.39, 0.29) is 23.8 Å². The third-order valence-corrected chi connectivity index (χ3v) is 4.00. The Morgan fingerprint density at radius 1 is 1.23 bits per heavy atom.